The van der Waals surface area contributed by atoms with Crippen molar-refractivity contribution in [1.82, 2.24) is 0 Å². The first-order valence-electron chi connectivity index (χ1n) is 6.68. The number of fused-ring (bicyclic) bond motifs is 2. The van der Waals surface area contributed by atoms with Crippen molar-refractivity contribution in [2.75, 3.05) is 3.92 Å². The molecule has 98 valence electrons. The summed E-state index contributed by atoms with van der Waals surface area (Å²) in [7, 11) is 0. The number of hydrogen-bond acceptors (Lipinski definition) is 1. The number of nitrogens with zero attached hydrogens (tertiary/aromatic N) is 1. The molecule has 0 saturated carbocycles. The third-order valence-corrected chi connectivity index (χ3v) is 6.47. The summed E-state index contributed by atoms with van der Waals surface area (Å²) in [6.07, 6.45) is 8.26. The quantitative estimate of drug-likeness (QED) is 0.736. The van der Waals surface area contributed by atoms with Crippen LogP contribution < -0.4 is 3.92 Å². The van der Waals surface area contributed by atoms with Gasteiger partial charge in [0.2, 0.25) is 0 Å². The van der Waals surface area contributed by atoms with Gasteiger partial charge in [0.25, 0.3) is 0 Å². The molecule has 0 aromatic heterocycles. The fourth-order valence-electron chi connectivity index (χ4n) is 2.78. The van der Waals surface area contributed by atoms with Crippen molar-refractivity contribution in [3.63, 3.8) is 0 Å². The maximum atomic E-state index is 12.6. The van der Waals surface area contributed by atoms with Gasteiger partial charge in [-0.2, -0.15) is 0 Å². The maximum absolute atomic E-state index is 12.6. The summed E-state index contributed by atoms with van der Waals surface area (Å²) in [5.41, 5.74) is 1.06. The summed E-state index contributed by atoms with van der Waals surface area (Å²) < 4.78 is 2.00. The normalized spacial score (nSPS) is 24.4. The molecule has 4 rings (SSSR count). The van der Waals surface area contributed by atoms with E-state index in [-0.39, 0.29) is 27.0 Å². The van der Waals surface area contributed by atoms with Gasteiger partial charge in [0, 0.05) is 0 Å². The van der Waals surface area contributed by atoms with Crippen LogP contribution in [0.3, 0.4) is 0 Å². The van der Waals surface area contributed by atoms with E-state index < -0.39 is 0 Å². The third kappa shape index (κ3) is 1.75. The standard InChI is InChI=1S/C17H13NOSe/c19-17-14-9-3-4-11-16(14)20-18(17)15-10-5-7-12-6-1-2-8-13(12)15/h1-11,14,16H. The first-order chi connectivity index (χ1) is 9.84. The van der Waals surface area contributed by atoms with Gasteiger partial charge in [0.05, 0.1) is 0 Å². The van der Waals surface area contributed by atoms with Crippen LogP contribution in [0.15, 0.2) is 66.8 Å². The second-order valence-corrected chi connectivity index (χ2v) is 7.35. The second kappa shape index (κ2) is 4.62. The summed E-state index contributed by atoms with van der Waals surface area (Å²) in [5.74, 6) is 0.283. The molecule has 0 N–H and O–H groups in total. The number of rotatable bonds is 1. The van der Waals surface area contributed by atoms with Crippen molar-refractivity contribution in [2.24, 2.45) is 5.92 Å². The van der Waals surface area contributed by atoms with Gasteiger partial charge in [-0.05, 0) is 0 Å². The van der Waals surface area contributed by atoms with Crippen molar-refractivity contribution >= 4 is 37.5 Å². The number of carbonyl (C=O) groups is 1. The van der Waals surface area contributed by atoms with E-state index >= 15 is 0 Å². The summed E-state index contributed by atoms with van der Waals surface area (Å²) in [6.45, 7) is 0. The Morgan fingerprint density at radius 1 is 0.950 bits per heavy atom. The van der Waals surface area contributed by atoms with Crippen LogP contribution in [0.4, 0.5) is 5.69 Å². The molecule has 3 heteroatoms. The molecule has 20 heavy (non-hydrogen) atoms. The van der Waals surface area contributed by atoms with Crippen LogP contribution in [0.1, 0.15) is 0 Å². The Bertz CT molecular complexity index is 744. The van der Waals surface area contributed by atoms with Crippen molar-refractivity contribution < 1.29 is 4.79 Å². The monoisotopic (exact) mass is 327 g/mol. The topological polar surface area (TPSA) is 20.3 Å². The molecular formula is C17H13NOSe. The van der Waals surface area contributed by atoms with Gasteiger partial charge in [-0.15, -0.1) is 0 Å². The Kier molecular flexibility index (Phi) is 2.76. The number of allylic oxidation sites excluding steroid dienone is 3. The van der Waals surface area contributed by atoms with Crippen LogP contribution in [0.25, 0.3) is 10.8 Å². The van der Waals surface area contributed by atoms with Crippen LogP contribution in [0, 0.1) is 5.92 Å². The first kappa shape index (κ1) is 12.0. The van der Waals surface area contributed by atoms with E-state index in [0.717, 1.165) is 11.1 Å². The number of benzene rings is 2. The van der Waals surface area contributed by atoms with Crippen LogP contribution in [-0.2, 0) is 4.79 Å². The molecule has 1 amide bonds. The van der Waals surface area contributed by atoms with E-state index in [1.54, 1.807) is 0 Å². The van der Waals surface area contributed by atoms with Crippen LogP contribution in [-0.4, -0.2) is 21.1 Å². The van der Waals surface area contributed by atoms with Gasteiger partial charge in [0.1, 0.15) is 0 Å². The van der Waals surface area contributed by atoms with Crippen molar-refractivity contribution in [3.8, 4) is 0 Å². The summed E-state index contributed by atoms with van der Waals surface area (Å²) in [5, 5.41) is 2.35. The van der Waals surface area contributed by atoms with Gasteiger partial charge in [-0.3, -0.25) is 0 Å². The van der Waals surface area contributed by atoms with Crippen LogP contribution in [0.5, 0.6) is 0 Å². The van der Waals surface area contributed by atoms with Crippen LogP contribution in [0.2, 0.25) is 4.82 Å². The van der Waals surface area contributed by atoms with Crippen molar-refractivity contribution in [2.45, 2.75) is 4.82 Å². The zero-order chi connectivity index (χ0) is 13.5. The van der Waals surface area contributed by atoms with E-state index in [2.05, 4.69) is 36.4 Å². The first-order valence-corrected chi connectivity index (χ1v) is 8.43. The van der Waals surface area contributed by atoms with E-state index in [0.29, 0.717) is 4.82 Å². The Morgan fingerprint density at radius 2 is 1.75 bits per heavy atom. The zero-order valence-electron chi connectivity index (χ0n) is 10.8. The molecule has 1 aliphatic heterocycles. The Balaban J connectivity index is 1.82. The van der Waals surface area contributed by atoms with Crippen molar-refractivity contribution in [1.29, 1.82) is 0 Å². The summed E-state index contributed by atoms with van der Waals surface area (Å²) in [6, 6.07) is 14.5. The van der Waals surface area contributed by atoms with Gasteiger partial charge in [-0.1, -0.05) is 0 Å². The Labute approximate surface area is 124 Å². The average Bonchev–Trinajstić information content (AvgIpc) is 2.84. The molecule has 0 bridgehead atoms. The van der Waals surface area contributed by atoms with Crippen LogP contribution >= 0.6 is 0 Å². The molecule has 2 atom stereocenters. The second-order valence-electron chi connectivity index (χ2n) is 5.00. The molecule has 1 fully saturated rings. The van der Waals surface area contributed by atoms with E-state index in [4.69, 9.17) is 0 Å². The number of hydrogen-bond donors (Lipinski definition) is 0. The molecule has 0 radical (unpaired) electrons. The Morgan fingerprint density at radius 3 is 2.65 bits per heavy atom. The molecule has 2 aromatic carbocycles. The third-order valence-electron chi connectivity index (χ3n) is 3.78. The van der Waals surface area contributed by atoms with Gasteiger partial charge in [0.15, 0.2) is 0 Å². The summed E-state index contributed by atoms with van der Waals surface area (Å²) >= 11 is 0.146. The minimum atomic E-state index is 0.0407. The molecule has 2 aliphatic rings. The number of carbonyl (C=O) groups excluding carboxylic acids is 1. The molecule has 1 aliphatic carbocycles. The molecule has 1 saturated heterocycles. The molecule has 2 aromatic rings. The molecule has 2 unspecified atom stereocenters. The van der Waals surface area contributed by atoms with Gasteiger partial charge < -0.3 is 0 Å². The fraction of sp³-hybridized carbons (Fsp3) is 0.118. The average molecular weight is 326 g/mol. The van der Waals surface area contributed by atoms with Gasteiger partial charge >= 0.3 is 124 Å². The zero-order valence-corrected chi connectivity index (χ0v) is 12.5. The van der Waals surface area contributed by atoms with Gasteiger partial charge in [-0.25, -0.2) is 0 Å². The molecule has 0 spiro atoms. The summed E-state index contributed by atoms with van der Waals surface area (Å²) in [4.78, 5) is 13.0. The number of anilines is 1. The predicted molar refractivity (Wildman–Crippen MR) is 82.7 cm³/mol. The molecular weight excluding hydrogens is 313 g/mol. The van der Waals surface area contributed by atoms with E-state index in [9.17, 15) is 4.79 Å². The molecule has 1 heterocycles. The predicted octanol–water partition coefficient (Wildman–Crippen LogP) is 3.34. The van der Waals surface area contributed by atoms with E-state index in [1.165, 1.54) is 5.39 Å². The Hall–Kier alpha value is -1.83. The van der Waals surface area contributed by atoms with Crippen molar-refractivity contribution in [3.05, 3.63) is 66.8 Å². The van der Waals surface area contributed by atoms with E-state index in [1.807, 2.05) is 34.3 Å². The fourth-order valence-corrected chi connectivity index (χ4v) is 5.38. The molecule has 2 nitrogen and oxygen atoms in total. The number of amides is 1. The SMILES string of the molecule is O=C1C2C=CC=CC2[Se]N1c1cccc2ccccc12. The minimum absolute atomic E-state index is 0.0407.